The number of esters is 2. The molecular formula is C9H10O5. The summed E-state index contributed by atoms with van der Waals surface area (Å²) in [6.07, 6.45) is 1.15. The van der Waals surface area contributed by atoms with Crippen LogP contribution in [0.5, 0.6) is 0 Å². The Bertz CT molecular complexity index is 308. The number of carboxylic acid groups (broad SMARTS) is 1. The summed E-state index contributed by atoms with van der Waals surface area (Å²) >= 11 is 0. The van der Waals surface area contributed by atoms with Crippen LogP contribution in [0, 0.1) is 17.8 Å². The van der Waals surface area contributed by atoms with E-state index in [0.29, 0.717) is 12.8 Å². The summed E-state index contributed by atoms with van der Waals surface area (Å²) in [5, 5.41) is 8.77. The number of aliphatic carboxylic acids is 1. The van der Waals surface area contributed by atoms with Crippen LogP contribution < -0.4 is 0 Å². The van der Waals surface area contributed by atoms with Crippen molar-refractivity contribution < 1.29 is 24.2 Å². The van der Waals surface area contributed by atoms with Crippen molar-refractivity contribution in [3.8, 4) is 0 Å². The van der Waals surface area contributed by atoms with Crippen molar-refractivity contribution in [1.82, 2.24) is 0 Å². The second kappa shape index (κ2) is 3.08. The van der Waals surface area contributed by atoms with Crippen LogP contribution >= 0.6 is 0 Å². The fourth-order valence-electron chi connectivity index (χ4n) is 2.19. The highest BCUT2D eigenvalue weighted by molar-refractivity contribution is 5.96. The molecule has 1 heterocycles. The van der Waals surface area contributed by atoms with Crippen molar-refractivity contribution in [2.24, 2.45) is 17.8 Å². The molecule has 0 radical (unpaired) electrons. The average Bonchev–Trinajstić information content (AvgIpc) is 2.42. The number of rotatable bonds is 1. The maximum Gasteiger partial charge on any atom is 0.317 e. The third kappa shape index (κ3) is 1.29. The molecule has 3 atom stereocenters. The van der Waals surface area contributed by atoms with Gasteiger partial charge in [-0.15, -0.1) is 0 Å². The second-order valence-corrected chi connectivity index (χ2v) is 3.80. The summed E-state index contributed by atoms with van der Waals surface area (Å²) in [6.45, 7) is 0. The summed E-state index contributed by atoms with van der Waals surface area (Å²) < 4.78 is 4.47. The lowest BCUT2D eigenvalue weighted by Gasteiger charge is -2.24. The minimum absolute atomic E-state index is 0.241. The maximum atomic E-state index is 11.2. The van der Waals surface area contributed by atoms with Gasteiger partial charge >= 0.3 is 17.9 Å². The highest BCUT2D eigenvalue weighted by Crippen LogP contribution is 2.39. The van der Waals surface area contributed by atoms with Gasteiger partial charge in [0, 0.05) is 0 Å². The van der Waals surface area contributed by atoms with Crippen LogP contribution in [-0.4, -0.2) is 23.0 Å². The van der Waals surface area contributed by atoms with E-state index in [9.17, 15) is 14.4 Å². The summed E-state index contributed by atoms with van der Waals surface area (Å²) in [7, 11) is 0. The lowest BCUT2D eigenvalue weighted by molar-refractivity contribution is -0.153. The van der Waals surface area contributed by atoms with Gasteiger partial charge in [-0.1, -0.05) is 0 Å². The van der Waals surface area contributed by atoms with Crippen molar-refractivity contribution in [3.05, 3.63) is 0 Å². The molecule has 1 saturated carbocycles. The van der Waals surface area contributed by atoms with Gasteiger partial charge in [0.15, 0.2) is 0 Å². The first kappa shape index (κ1) is 9.18. The van der Waals surface area contributed by atoms with Gasteiger partial charge in [0.25, 0.3) is 0 Å². The van der Waals surface area contributed by atoms with Gasteiger partial charge in [-0.05, 0) is 19.3 Å². The summed E-state index contributed by atoms with van der Waals surface area (Å²) in [6, 6.07) is 0. The molecule has 2 aliphatic rings. The van der Waals surface area contributed by atoms with Gasteiger partial charge in [-0.25, -0.2) is 0 Å². The Kier molecular flexibility index (Phi) is 2.02. The molecule has 5 nitrogen and oxygen atoms in total. The van der Waals surface area contributed by atoms with E-state index in [1.807, 2.05) is 0 Å². The lowest BCUT2D eigenvalue weighted by Crippen LogP contribution is -2.30. The third-order valence-corrected chi connectivity index (χ3v) is 3.01. The van der Waals surface area contributed by atoms with E-state index in [0.717, 1.165) is 0 Å². The Morgan fingerprint density at radius 3 is 2.50 bits per heavy atom. The molecule has 1 aliphatic carbocycles. The molecule has 1 aliphatic heterocycles. The van der Waals surface area contributed by atoms with Crippen molar-refractivity contribution in [3.63, 3.8) is 0 Å². The van der Waals surface area contributed by atoms with Crippen LogP contribution in [0.25, 0.3) is 0 Å². The zero-order valence-electron chi connectivity index (χ0n) is 7.43. The molecule has 14 heavy (non-hydrogen) atoms. The van der Waals surface area contributed by atoms with Gasteiger partial charge in [-0.3, -0.25) is 14.4 Å². The summed E-state index contributed by atoms with van der Waals surface area (Å²) in [5.41, 5.74) is 0. The first-order valence-electron chi connectivity index (χ1n) is 4.58. The first-order chi connectivity index (χ1) is 6.59. The van der Waals surface area contributed by atoms with Crippen molar-refractivity contribution in [1.29, 1.82) is 0 Å². The van der Waals surface area contributed by atoms with Crippen LogP contribution in [0.1, 0.15) is 19.3 Å². The number of fused-ring (bicyclic) bond motifs is 1. The average molecular weight is 198 g/mol. The van der Waals surface area contributed by atoms with Crippen LogP contribution in [0.15, 0.2) is 0 Å². The van der Waals surface area contributed by atoms with Gasteiger partial charge < -0.3 is 9.84 Å². The third-order valence-electron chi connectivity index (χ3n) is 3.01. The second-order valence-electron chi connectivity index (χ2n) is 3.80. The van der Waals surface area contributed by atoms with Crippen molar-refractivity contribution in [2.75, 3.05) is 0 Å². The Balaban J connectivity index is 2.13. The number of ether oxygens (including phenoxy) is 1. The van der Waals surface area contributed by atoms with Crippen LogP contribution in [0.3, 0.4) is 0 Å². The zero-order chi connectivity index (χ0) is 10.3. The van der Waals surface area contributed by atoms with Crippen molar-refractivity contribution >= 4 is 17.9 Å². The molecule has 1 N–H and O–H groups in total. The normalized spacial score (nSPS) is 36.4. The number of hydrogen-bond donors (Lipinski definition) is 1. The Morgan fingerprint density at radius 1 is 1.21 bits per heavy atom. The molecule has 0 spiro atoms. The van der Waals surface area contributed by atoms with E-state index in [1.54, 1.807) is 0 Å². The molecular weight excluding hydrogens is 188 g/mol. The molecule has 1 saturated heterocycles. The van der Waals surface area contributed by atoms with Crippen molar-refractivity contribution in [2.45, 2.75) is 19.3 Å². The van der Waals surface area contributed by atoms with E-state index in [-0.39, 0.29) is 6.42 Å². The number of hydrogen-bond acceptors (Lipinski definition) is 4. The minimum atomic E-state index is -0.893. The standard InChI is InChI=1S/C9H10O5/c10-7(11)4-1-2-5-6(3-4)9(13)14-8(5)12/h4-6H,1-3H2,(H,10,11)/t4-,5-,6+/m1/s1. The number of cyclic esters (lactones) is 2. The van der Waals surface area contributed by atoms with E-state index < -0.39 is 35.7 Å². The van der Waals surface area contributed by atoms with Crippen LogP contribution in [-0.2, 0) is 19.1 Å². The van der Waals surface area contributed by atoms with E-state index in [1.165, 1.54) is 0 Å². The van der Waals surface area contributed by atoms with Crippen LogP contribution in [0.2, 0.25) is 0 Å². The largest absolute Gasteiger partial charge is 0.481 e. The van der Waals surface area contributed by atoms with Gasteiger partial charge in [0.05, 0.1) is 17.8 Å². The zero-order valence-corrected chi connectivity index (χ0v) is 7.43. The van der Waals surface area contributed by atoms with Gasteiger partial charge in [0.2, 0.25) is 0 Å². The summed E-state index contributed by atoms with van der Waals surface area (Å²) in [4.78, 5) is 33.0. The molecule has 0 aromatic carbocycles. The molecule has 0 aromatic heterocycles. The summed E-state index contributed by atoms with van der Waals surface area (Å²) in [5.74, 6) is -3.34. The van der Waals surface area contributed by atoms with Gasteiger partial charge in [-0.2, -0.15) is 0 Å². The molecule has 0 aromatic rings. The quantitative estimate of drug-likeness (QED) is 0.480. The fourth-order valence-corrected chi connectivity index (χ4v) is 2.19. The van der Waals surface area contributed by atoms with Crippen LogP contribution in [0.4, 0.5) is 0 Å². The smallest absolute Gasteiger partial charge is 0.317 e. The SMILES string of the molecule is O=C(O)[C@@H]1CC[C@H]2C(=O)OC(=O)[C@H]2C1. The van der Waals surface area contributed by atoms with E-state index in [2.05, 4.69) is 4.74 Å². The molecule has 0 amide bonds. The van der Waals surface area contributed by atoms with E-state index in [4.69, 9.17) is 5.11 Å². The van der Waals surface area contributed by atoms with E-state index >= 15 is 0 Å². The van der Waals surface area contributed by atoms with Gasteiger partial charge in [0.1, 0.15) is 0 Å². The predicted molar refractivity (Wildman–Crippen MR) is 43.1 cm³/mol. The maximum absolute atomic E-state index is 11.2. The highest BCUT2D eigenvalue weighted by Gasteiger charge is 2.48. The highest BCUT2D eigenvalue weighted by atomic mass is 16.6. The Hall–Kier alpha value is -1.39. The predicted octanol–water partition coefficient (Wildman–Crippen LogP) is 0.187. The topological polar surface area (TPSA) is 80.7 Å². The number of carboxylic acids is 1. The monoisotopic (exact) mass is 198 g/mol. The Morgan fingerprint density at radius 2 is 1.86 bits per heavy atom. The number of carbonyl (C=O) groups excluding carboxylic acids is 2. The molecule has 0 unspecified atom stereocenters. The Labute approximate surface area is 80.0 Å². The molecule has 76 valence electrons. The molecule has 0 bridgehead atoms. The minimum Gasteiger partial charge on any atom is -0.481 e. The number of carbonyl (C=O) groups is 3. The molecule has 2 rings (SSSR count). The molecule has 2 fully saturated rings. The fraction of sp³-hybridized carbons (Fsp3) is 0.667. The molecule has 5 heteroatoms. The lowest BCUT2D eigenvalue weighted by atomic mass is 9.75. The first-order valence-corrected chi connectivity index (χ1v) is 4.58.